The maximum Gasteiger partial charge on any atom is 0.353 e. The second kappa shape index (κ2) is 4.41. The summed E-state index contributed by atoms with van der Waals surface area (Å²) in [6.45, 7) is 0. The summed E-state index contributed by atoms with van der Waals surface area (Å²) in [5, 5.41) is 16.5. The third kappa shape index (κ3) is 1.82. The van der Waals surface area contributed by atoms with Gasteiger partial charge < -0.3 is 14.4 Å². The van der Waals surface area contributed by atoms with Crippen molar-refractivity contribution in [2.75, 3.05) is 7.11 Å². The molecule has 2 N–H and O–H groups in total. The number of nitrogens with zero attached hydrogens (tertiary/aromatic N) is 2. The van der Waals surface area contributed by atoms with Crippen molar-refractivity contribution in [2.24, 2.45) is 7.05 Å². The highest BCUT2D eigenvalue weighted by Crippen LogP contribution is 2.28. The van der Waals surface area contributed by atoms with E-state index < -0.39 is 5.97 Å². The fourth-order valence-electron chi connectivity index (χ4n) is 2.26. The number of aromatic amines is 1. The number of nitrogens with one attached hydrogen (secondary N) is 1. The first-order valence-corrected chi connectivity index (χ1v) is 6.02. The lowest BCUT2D eigenvalue weighted by Crippen LogP contribution is -1.95. The van der Waals surface area contributed by atoms with Gasteiger partial charge in [-0.25, -0.2) is 4.79 Å². The molecule has 0 bridgehead atoms. The molecule has 0 amide bonds. The van der Waals surface area contributed by atoms with Gasteiger partial charge in [-0.3, -0.25) is 5.10 Å². The van der Waals surface area contributed by atoms with E-state index in [1.807, 2.05) is 35.9 Å². The van der Waals surface area contributed by atoms with Crippen LogP contribution >= 0.6 is 0 Å². The number of aromatic carboxylic acids is 1. The van der Waals surface area contributed by atoms with Crippen LogP contribution in [0.2, 0.25) is 0 Å². The van der Waals surface area contributed by atoms with Crippen molar-refractivity contribution in [3.05, 3.63) is 36.0 Å². The van der Waals surface area contributed by atoms with Gasteiger partial charge >= 0.3 is 5.97 Å². The highest BCUT2D eigenvalue weighted by molar-refractivity contribution is 5.90. The number of aromatic nitrogens is 3. The first-order valence-electron chi connectivity index (χ1n) is 6.02. The predicted molar refractivity (Wildman–Crippen MR) is 74.0 cm³/mol. The van der Waals surface area contributed by atoms with Crippen molar-refractivity contribution in [1.82, 2.24) is 14.8 Å². The zero-order valence-corrected chi connectivity index (χ0v) is 11.0. The molecule has 3 aromatic rings. The molecule has 6 heteroatoms. The van der Waals surface area contributed by atoms with E-state index in [1.54, 1.807) is 7.11 Å². The Morgan fingerprint density at radius 2 is 2.15 bits per heavy atom. The number of hydrogen-bond donors (Lipinski definition) is 2. The lowest BCUT2D eigenvalue weighted by atomic mass is 10.2. The molecule has 3 rings (SSSR count). The molecule has 2 heterocycles. The van der Waals surface area contributed by atoms with Gasteiger partial charge in [-0.1, -0.05) is 0 Å². The molecule has 0 atom stereocenters. The predicted octanol–water partition coefficient (Wildman–Crippen LogP) is 2.28. The van der Waals surface area contributed by atoms with E-state index in [0.29, 0.717) is 5.69 Å². The van der Waals surface area contributed by atoms with Gasteiger partial charge in [0.2, 0.25) is 0 Å². The Morgan fingerprint density at radius 3 is 2.80 bits per heavy atom. The molecule has 0 saturated carbocycles. The quantitative estimate of drug-likeness (QED) is 0.765. The summed E-state index contributed by atoms with van der Waals surface area (Å²) < 4.78 is 7.17. The van der Waals surface area contributed by atoms with Crippen molar-refractivity contribution >= 4 is 16.9 Å². The number of H-pyrrole nitrogens is 1. The van der Waals surface area contributed by atoms with E-state index in [4.69, 9.17) is 9.84 Å². The third-order valence-corrected chi connectivity index (χ3v) is 3.32. The number of carboxylic acids is 1. The van der Waals surface area contributed by atoms with Crippen LogP contribution in [0.5, 0.6) is 5.75 Å². The van der Waals surface area contributed by atoms with E-state index in [1.165, 1.54) is 6.07 Å². The molecular formula is C14H13N3O3. The van der Waals surface area contributed by atoms with Gasteiger partial charge in [0.05, 0.1) is 12.8 Å². The Bertz CT molecular complexity index is 801. The minimum absolute atomic E-state index is 0.0721. The number of carboxylic acid groups (broad SMARTS) is 1. The number of aryl methyl sites for hydroxylation is 1. The van der Waals surface area contributed by atoms with E-state index in [2.05, 4.69) is 10.2 Å². The molecule has 0 spiro atoms. The zero-order chi connectivity index (χ0) is 14.3. The summed E-state index contributed by atoms with van der Waals surface area (Å²) in [5.74, 6) is -0.243. The van der Waals surface area contributed by atoms with Crippen LogP contribution in [0.1, 0.15) is 10.5 Å². The summed E-state index contributed by atoms with van der Waals surface area (Å²) in [7, 11) is 3.54. The number of fused-ring (bicyclic) bond motifs is 1. The van der Waals surface area contributed by atoms with Gasteiger partial charge in [-0.15, -0.1) is 0 Å². The first kappa shape index (κ1) is 12.3. The van der Waals surface area contributed by atoms with E-state index in [9.17, 15) is 4.79 Å². The number of hydrogen-bond acceptors (Lipinski definition) is 3. The van der Waals surface area contributed by atoms with Crippen LogP contribution in [0.15, 0.2) is 30.3 Å². The highest BCUT2D eigenvalue weighted by Gasteiger charge is 2.14. The van der Waals surface area contributed by atoms with E-state index in [0.717, 1.165) is 22.3 Å². The van der Waals surface area contributed by atoms with Gasteiger partial charge in [0.15, 0.2) is 0 Å². The van der Waals surface area contributed by atoms with Gasteiger partial charge in [0.25, 0.3) is 0 Å². The number of carbonyl (C=O) groups is 1. The molecule has 1 aromatic carbocycles. The molecule has 0 aliphatic heterocycles. The maximum absolute atomic E-state index is 10.9. The van der Waals surface area contributed by atoms with Crippen molar-refractivity contribution in [3.8, 4) is 17.1 Å². The third-order valence-electron chi connectivity index (χ3n) is 3.32. The molecule has 0 fully saturated rings. The Hall–Kier alpha value is -2.76. The average Bonchev–Trinajstić information content (AvgIpc) is 3.03. The molecule has 20 heavy (non-hydrogen) atoms. The lowest BCUT2D eigenvalue weighted by Gasteiger charge is -2.02. The largest absolute Gasteiger partial charge is 0.497 e. The minimum Gasteiger partial charge on any atom is -0.497 e. The molecule has 0 saturated heterocycles. The standard InChI is InChI=1S/C14H13N3O3/c1-17-12-4-3-9(20-2)5-8(12)6-13(17)10-7-11(14(18)19)16-15-10/h3-7H,1-2H3,(H,15,16)(H,18,19). The van der Waals surface area contributed by atoms with Crippen LogP contribution in [0.3, 0.4) is 0 Å². The lowest BCUT2D eigenvalue weighted by molar-refractivity contribution is 0.0690. The Labute approximate surface area is 114 Å². The van der Waals surface area contributed by atoms with E-state index >= 15 is 0 Å². The van der Waals surface area contributed by atoms with Crippen molar-refractivity contribution in [1.29, 1.82) is 0 Å². The second-order valence-corrected chi connectivity index (χ2v) is 4.49. The second-order valence-electron chi connectivity index (χ2n) is 4.49. The van der Waals surface area contributed by atoms with Crippen LogP contribution in [0, 0.1) is 0 Å². The molecule has 0 radical (unpaired) electrons. The number of methoxy groups -OCH3 is 1. The average molecular weight is 271 g/mol. The van der Waals surface area contributed by atoms with Gasteiger partial charge in [0.1, 0.15) is 17.1 Å². The summed E-state index contributed by atoms with van der Waals surface area (Å²) in [6.07, 6.45) is 0. The van der Waals surface area contributed by atoms with Gasteiger partial charge in [-0.05, 0) is 24.3 Å². The first-order chi connectivity index (χ1) is 9.60. The Kier molecular flexibility index (Phi) is 2.71. The topological polar surface area (TPSA) is 80.1 Å². The number of benzene rings is 1. The summed E-state index contributed by atoms with van der Waals surface area (Å²) in [4.78, 5) is 10.9. The van der Waals surface area contributed by atoms with Crippen molar-refractivity contribution in [2.45, 2.75) is 0 Å². The van der Waals surface area contributed by atoms with Crippen LogP contribution in [0.25, 0.3) is 22.3 Å². The number of ether oxygens (including phenoxy) is 1. The van der Waals surface area contributed by atoms with Gasteiger partial charge in [-0.2, -0.15) is 5.10 Å². The van der Waals surface area contributed by atoms with E-state index in [-0.39, 0.29) is 5.69 Å². The summed E-state index contributed by atoms with van der Waals surface area (Å²) >= 11 is 0. The summed E-state index contributed by atoms with van der Waals surface area (Å²) in [6, 6.07) is 9.26. The SMILES string of the molecule is COc1ccc2c(c1)cc(-c1cc(C(=O)O)[nH]n1)n2C. The number of rotatable bonds is 3. The molecule has 6 nitrogen and oxygen atoms in total. The highest BCUT2D eigenvalue weighted by atomic mass is 16.5. The monoisotopic (exact) mass is 271 g/mol. The fraction of sp³-hybridized carbons (Fsp3) is 0.143. The molecule has 2 aromatic heterocycles. The zero-order valence-electron chi connectivity index (χ0n) is 11.0. The van der Waals surface area contributed by atoms with Crippen LogP contribution in [0.4, 0.5) is 0 Å². The Morgan fingerprint density at radius 1 is 1.35 bits per heavy atom. The molecule has 0 aliphatic carbocycles. The summed E-state index contributed by atoms with van der Waals surface area (Å²) in [5.41, 5.74) is 2.54. The van der Waals surface area contributed by atoms with Crippen molar-refractivity contribution < 1.29 is 14.6 Å². The Balaban J connectivity index is 2.15. The normalized spacial score (nSPS) is 10.9. The van der Waals surface area contributed by atoms with Crippen LogP contribution in [-0.4, -0.2) is 33.0 Å². The molecule has 102 valence electrons. The van der Waals surface area contributed by atoms with Crippen LogP contribution in [-0.2, 0) is 7.05 Å². The van der Waals surface area contributed by atoms with Gasteiger partial charge in [0, 0.05) is 24.0 Å². The maximum atomic E-state index is 10.9. The molecule has 0 aliphatic rings. The minimum atomic E-state index is -1.02. The smallest absolute Gasteiger partial charge is 0.353 e. The van der Waals surface area contributed by atoms with Crippen molar-refractivity contribution in [3.63, 3.8) is 0 Å². The van der Waals surface area contributed by atoms with Crippen LogP contribution < -0.4 is 4.74 Å². The molecular weight excluding hydrogens is 258 g/mol. The fourth-order valence-corrected chi connectivity index (χ4v) is 2.26. The molecule has 0 unspecified atom stereocenters.